The fourth-order valence-electron chi connectivity index (χ4n) is 1.07. The molecule has 0 fully saturated rings. The van der Waals surface area contributed by atoms with Gasteiger partial charge < -0.3 is 11.5 Å². The van der Waals surface area contributed by atoms with Gasteiger partial charge in [0.05, 0.1) is 0 Å². The van der Waals surface area contributed by atoms with Gasteiger partial charge in [0.2, 0.25) is 0 Å². The molecule has 66 valence electrons. The molecule has 0 saturated carbocycles. The van der Waals surface area contributed by atoms with Crippen LogP contribution in [0.3, 0.4) is 0 Å². The highest BCUT2D eigenvalue weighted by atomic mass is 14.9. The van der Waals surface area contributed by atoms with Gasteiger partial charge in [0.15, 0.2) is 0 Å². The lowest BCUT2D eigenvalue weighted by Gasteiger charge is -2.01. The molecule has 0 unspecified atom stereocenters. The molecular formula is C8H14N4. The fraction of sp³-hybridized carbons (Fsp3) is 0.500. The van der Waals surface area contributed by atoms with Gasteiger partial charge in [0, 0.05) is 11.8 Å². The first kappa shape index (κ1) is 8.93. The largest absolute Gasteiger partial charge is 0.384 e. The van der Waals surface area contributed by atoms with E-state index in [9.17, 15) is 0 Å². The predicted octanol–water partition coefficient (Wildman–Crippen LogP) is 0.259. The van der Waals surface area contributed by atoms with Crippen LogP contribution < -0.4 is 11.5 Å². The number of aryl methyl sites for hydroxylation is 2. The SMILES string of the molecule is Cc1nc(N)cc(CCCN)n1. The van der Waals surface area contributed by atoms with Gasteiger partial charge in [-0.05, 0) is 26.3 Å². The second-order valence-corrected chi connectivity index (χ2v) is 2.72. The smallest absolute Gasteiger partial charge is 0.127 e. The van der Waals surface area contributed by atoms with E-state index in [2.05, 4.69) is 9.97 Å². The van der Waals surface area contributed by atoms with Crippen molar-refractivity contribution in [1.82, 2.24) is 9.97 Å². The number of hydrogen-bond donors (Lipinski definition) is 2. The Kier molecular flexibility index (Phi) is 2.99. The van der Waals surface area contributed by atoms with Crippen LogP contribution in [0.4, 0.5) is 5.82 Å². The Morgan fingerprint density at radius 2 is 2.17 bits per heavy atom. The van der Waals surface area contributed by atoms with Gasteiger partial charge in [-0.1, -0.05) is 0 Å². The van der Waals surface area contributed by atoms with Gasteiger partial charge in [-0.15, -0.1) is 0 Å². The molecule has 1 rings (SSSR count). The van der Waals surface area contributed by atoms with Gasteiger partial charge in [-0.25, -0.2) is 9.97 Å². The Labute approximate surface area is 72.0 Å². The zero-order valence-electron chi connectivity index (χ0n) is 7.25. The fourth-order valence-corrected chi connectivity index (χ4v) is 1.07. The third kappa shape index (κ3) is 2.47. The molecule has 0 atom stereocenters. The van der Waals surface area contributed by atoms with E-state index in [0.717, 1.165) is 24.4 Å². The first-order valence-corrected chi connectivity index (χ1v) is 4.02. The molecule has 12 heavy (non-hydrogen) atoms. The molecule has 0 aliphatic heterocycles. The molecule has 0 saturated heterocycles. The monoisotopic (exact) mass is 166 g/mol. The van der Waals surface area contributed by atoms with Gasteiger partial charge in [-0.3, -0.25) is 0 Å². The predicted molar refractivity (Wildman–Crippen MR) is 48.6 cm³/mol. The molecule has 0 bridgehead atoms. The number of nitrogen functional groups attached to an aromatic ring is 1. The summed E-state index contributed by atoms with van der Waals surface area (Å²) in [4.78, 5) is 8.20. The second kappa shape index (κ2) is 4.01. The van der Waals surface area contributed by atoms with Crippen molar-refractivity contribution in [2.24, 2.45) is 5.73 Å². The lowest BCUT2D eigenvalue weighted by molar-refractivity contribution is 0.799. The maximum absolute atomic E-state index is 5.55. The zero-order valence-corrected chi connectivity index (χ0v) is 7.25. The quantitative estimate of drug-likeness (QED) is 0.675. The minimum Gasteiger partial charge on any atom is -0.384 e. The minimum atomic E-state index is 0.537. The van der Waals surface area contributed by atoms with Crippen LogP contribution in [0, 0.1) is 6.92 Å². The molecule has 4 nitrogen and oxygen atoms in total. The van der Waals surface area contributed by atoms with E-state index in [1.165, 1.54) is 0 Å². The van der Waals surface area contributed by atoms with E-state index in [0.29, 0.717) is 12.4 Å². The Balaban J connectivity index is 2.72. The first-order valence-electron chi connectivity index (χ1n) is 4.02. The van der Waals surface area contributed by atoms with E-state index in [1.807, 2.05) is 6.92 Å². The van der Waals surface area contributed by atoms with Crippen molar-refractivity contribution in [1.29, 1.82) is 0 Å². The van der Waals surface area contributed by atoms with E-state index in [4.69, 9.17) is 11.5 Å². The lowest BCUT2D eigenvalue weighted by atomic mass is 10.2. The average molecular weight is 166 g/mol. The molecule has 0 amide bonds. The van der Waals surface area contributed by atoms with E-state index in [1.54, 1.807) is 6.07 Å². The molecule has 1 aromatic heterocycles. The molecule has 0 radical (unpaired) electrons. The van der Waals surface area contributed by atoms with Crippen LogP contribution in [0.25, 0.3) is 0 Å². The number of aromatic nitrogens is 2. The Hall–Kier alpha value is -1.16. The number of hydrogen-bond acceptors (Lipinski definition) is 4. The summed E-state index contributed by atoms with van der Waals surface area (Å²) in [6.45, 7) is 2.52. The molecule has 1 heterocycles. The molecule has 0 aliphatic carbocycles. The summed E-state index contributed by atoms with van der Waals surface area (Å²) < 4.78 is 0. The summed E-state index contributed by atoms with van der Waals surface area (Å²) >= 11 is 0. The van der Waals surface area contributed by atoms with Crippen molar-refractivity contribution in [3.05, 3.63) is 17.6 Å². The summed E-state index contributed by atoms with van der Waals surface area (Å²) in [6.07, 6.45) is 1.82. The van der Waals surface area contributed by atoms with Crippen LogP contribution in [-0.2, 0) is 6.42 Å². The van der Waals surface area contributed by atoms with Crippen LogP contribution in [-0.4, -0.2) is 16.5 Å². The van der Waals surface area contributed by atoms with Crippen molar-refractivity contribution in [3.8, 4) is 0 Å². The van der Waals surface area contributed by atoms with Crippen LogP contribution in [0.15, 0.2) is 6.07 Å². The standard InChI is InChI=1S/C8H14N4/c1-6-11-7(3-2-4-9)5-8(10)12-6/h5H,2-4,9H2,1H3,(H2,10,11,12). The summed E-state index contributed by atoms with van der Waals surface area (Å²) in [5, 5.41) is 0. The van der Waals surface area contributed by atoms with Crippen molar-refractivity contribution in [3.63, 3.8) is 0 Å². The number of anilines is 1. The van der Waals surface area contributed by atoms with Crippen LogP contribution in [0.2, 0.25) is 0 Å². The van der Waals surface area contributed by atoms with Gasteiger partial charge in [0.1, 0.15) is 11.6 Å². The highest BCUT2D eigenvalue weighted by molar-refractivity contribution is 5.29. The van der Waals surface area contributed by atoms with Crippen LogP contribution >= 0.6 is 0 Å². The van der Waals surface area contributed by atoms with E-state index in [-0.39, 0.29) is 0 Å². The Morgan fingerprint density at radius 1 is 1.42 bits per heavy atom. The number of nitrogens with two attached hydrogens (primary N) is 2. The average Bonchev–Trinajstić information content (AvgIpc) is 1.99. The summed E-state index contributed by atoms with van der Waals surface area (Å²) in [5.74, 6) is 1.26. The lowest BCUT2D eigenvalue weighted by Crippen LogP contribution is -2.04. The molecule has 0 aliphatic rings. The molecular weight excluding hydrogens is 152 g/mol. The second-order valence-electron chi connectivity index (χ2n) is 2.72. The summed E-state index contributed by atoms with van der Waals surface area (Å²) in [5.41, 5.74) is 11.9. The van der Waals surface area contributed by atoms with E-state index < -0.39 is 0 Å². The van der Waals surface area contributed by atoms with E-state index >= 15 is 0 Å². The van der Waals surface area contributed by atoms with Gasteiger partial charge >= 0.3 is 0 Å². The van der Waals surface area contributed by atoms with Crippen molar-refractivity contribution >= 4 is 5.82 Å². The van der Waals surface area contributed by atoms with Crippen molar-refractivity contribution in [2.45, 2.75) is 19.8 Å². The van der Waals surface area contributed by atoms with Crippen LogP contribution in [0.1, 0.15) is 17.9 Å². The summed E-state index contributed by atoms with van der Waals surface area (Å²) in [7, 11) is 0. The maximum Gasteiger partial charge on any atom is 0.127 e. The molecule has 4 heteroatoms. The Bertz CT molecular complexity index is 239. The van der Waals surface area contributed by atoms with Crippen molar-refractivity contribution in [2.75, 3.05) is 12.3 Å². The highest BCUT2D eigenvalue weighted by Crippen LogP contribution is 2.04. The molecule has 1 aromatic rings. The third-order valence-corrected chi connectivity index (χ3v) is 1.55. The van der Waals surface area contributed by atoms with Gasteiger partial charge in [0.25, 0.3) is 0 Å². The number of nitrogens with zero attached hydrogens (tertiary/aromatic N) is 2. The van der Waals surface area contributed by atoms with Crippen molar-refractivity contribution < 1.29 is 0 Å². The number of rotatable bonds is 3. The molecule has 4 N–H and O–H groups in total. The molecule has 0 spiro atoms. The zero-order chi connectivity index (χ0) is 8.97. The maximum atomic E-state index is 5.55. The van der Waals surface area contributed by atoms with Crippen LogP contribution in [0.5, 0.6) is 0 Å². The highest BCUT2D eigenvalue weighted by Gasteiger charge is 1.97. The topological polar surface area (TPSA) is 77.8 Å². The minimum absolute atomic E-state index is 0.537. The third-order valence-electron chi connectivity index (χ3n) is 1.55. The van der Waals surface area contributed by atoms with Gasteiger partial charge in [-0.2, -0.15) is 0 Å². The summed E-state index contributed by atoms with van der Waals surface area (Å²) in [6, 6.07) is 1.79. The molecule has 0 aromatic carbocycles. The Morgan fingerprint density at radius 3 is 2.75 bits per heavy atom. The first-order chi connectivity index (χ1) is 5.72. The normalized spacial score (nSPS) is 10.2.